The monoisotopic (exact) mass is 606 g/mol. The van der Waals surface area contributed by atoms with E-state index in [-0.39, 0.29) is 37.3 Å². The lowest BCUT2D eigenvalue weighted by Gasteiger charge is -2.34. The van der Waals surface area contributed by atoms with Gasteiger partial charge in [0.2, 0.25) is 6.29 Å². The van der Waals surface area contributed by atoms with Gasteiger partial charge in [0, 0.05) is 62.8 Å². The van der Waals surface area contributed by atoms with Crippen LogP contribution in [0, 0.1) is 5.92 Å². The Morgan fingerprint density at radius 2 is 1.71 bits per heavy atom. The molecule has 1 unspecified atom stereocenters. The number of fused-ring (bicyclic) bond motifs is 1. The Morgan fingerprint density at radius 1 is 1.00 bits per heavy atom. The van der Waals surface area contributed by atoms with Crippen molar-refractivity contribution in [3.05, 3.63) is 28.2 Å². The van der Waals surface area contributed by atoms with Gasteiger partial charge in [-0.05, 0) is 45.4 Å². The highest BCUT2D eigenvalue weighted by molar-refractivity contribution is 7.11. The number of hydrogen-bond donors (Lipinski definition) is 1. The van der Waals surface area contributed by atoms with Crippen LogP contribution >= 0.6 is 11.3 Å². The smallest absolute Gasteiger partial charge is 0.445 e. The molecule has 42 heavy (non-hydrogen) atoms. The maximum atomic E-state index is 13.0. The quantitative estimate of drug-likeness (QED) is 0.198. The summed E-state index contributed by atoms with van der Waals surface area (Å²) < 4.78 is 20.0. The Hall–Kier alpha value is -3.35. The van der Waals surface area contributed by atoms with E-state index in [4.69, 9.17) is 23.9 Å². The van der Waals surface area contributed by atoms with E-state index in [0.29, 0.717) is 57.8 Å². The van der Waals surface area contributed by atoms with Crippen LogP contribution < -0.4 is 5.32 Å². The van der Waals surface area contributed by atoms with Crippen LogP contribution in [0.25, 0.3) is 0 Å². The number of nitrogens with zero attached hydrogens (tertiary/aromatic N) is 3. The van der Waals surface area contributed by atoms with Gasteiger partial charge < -0.3 is 34.1 Å². The van der Waals surface area contributed by atoms with Crippen molar-refractivity contribution in [3.63, 3.8) is 0 Å². The first-order valence-corrected chi connectivity index (χ1v) is 15.7. The zero-order valence-corrected chi connectivity index (χ0v) is 25.3. The van der Waals surface area contributed by atoms with E-state index in [2.05, 4.69) is 11.9 Å². The fourth-order valence-electron chi connectivity index (χ4n) is 5.60. The Balaban J connectivity index is 1.16. The van der Waals surface area contributed by atoms with Crippen LogP contribution in [0.2, 0.25) is 0 Å². The minimum Gasteiger partial charge on any atom is -0.445 e. The summed E-state index contributed by atoms with van der Waals surface area (Å²) in [4.78, 5) is 58.8. The van der Waals surface area contributed by atoms with Crippen molar-refractivity contribution in [2.24, 2.45) is 5.92 Å². The number of aromatic nitrogens is 1. The molecule has 2 fully saturated rings. The zero-order valence-electron chi connectivity index (χ0n) is 24.5. The van der Waals surface area contributed by atoms with Gasteiger partial charge >= 0.3 is 24.2 Å². The molecule has 12 nitrogen and oxygen atoms in total. The van der Waals surface area contributed by atoms with Crippen LogP contribution in [-0.2, 0) is 36.6 Å². The topological polar surface area (TPSA) is 137 Å². The molecule has 1 saturated heterocycles. The number of likely N-dealkylation sites (tertiary alicyclic amines) is 1. The average Bonchev–Trinajstić information content (AvgIpc) is 3.28. The van der Waals surface area contributed by atoms with E-state index in [1.165, 1.54) is 11.8 Å². The van der Waals surface area contributed by atoms with Crippen molar-refractivity contribution in [2.75, 3.05) is 39.4 Å². The van der Waals surface area contributed by atoms with Gasteiger partial charge in [0.15, 0.2) is 0 Å². The molecule has 1 saturated carbocycles. The molecule has 232 valence electrons. The summed E-state index contributed by atoms with van der Waals surface area (Å²) in [5, 5.41) is 4.28. The summed E-state index contributed by atoms with van der Waals surface area (Å²) in [6.07, 6.45) is 5.17. The number of thiazole rings is 1. The largest absolute Gasteiger partial charge is 0.511 e. The summed E-state index contributed by atoms with van der Waals surface area (Å²) in [7, 11) is 0. The fourth-order valence-corrected chi connectivity index (χ4v) is 6.87. The Kier molecular flexibility index (Phi) is 11.4. The Labute approximate surface area is 250 Å². The number of carbonyl (C=O) groups is 4. The molecule has 2 aliphatic heterocycles. The number of rotatable bonds is 8. The number of urea groups is 1. The third kappa shape index (κ3) is 8.59. The number of ether oxygens (including phenoxy) is 4. The molecule has 1 aromatic heterocycles. The maximum absolute atomic E-state index is 13.0. The highest BCUT2D eigenvalue weighted by Gasteiger charge is 2.32. The van der Waals surface area contributed by atoms with Crippen LogP contribution in [0.15, 0.2) is 12.7 Å². The summed E-state index contributed by atoms with van der Waals surface area (Å²) >= 11 is 1.74. The van der Waals surface area contributed by atoms with E-state index < -0.39 is 18.4 Å². The molecule has 4 rings (SSSR count). The second kappa shape index (κ2) is 15.2. The first-order chi connectivity index (χ1) is 20.3. The van der Waals surface area contributed by atoms with Crippen molar-refractivity contribution in [2.45, 2.75) is 83.5 Å². The van der Waals surface area contributed by atoms with E-state index in [1.54, 1.807) is 29.2 Å². The summed E-state index contributed by atoms with van der Waals surface area (Å²) in [6.45, 7) is 9.67. The standard InChI is InChI=1S/C29H42N4O8S/c1-4-18-39-28(36)33-16-12-23-24(13-17-33)42-25(31-23)20-10-14-32(15-11-20)27(35)30-22-8-6-21(7-9-22)26(34)40-19(3)41-29(37)38-5-2/h4,19-22H,1,5-18H2,2-3H3,(H,30,35). The number of piperidine rings is 1. The van der Waals surface area contributed by atoms with Gasteiger partial charge in [0.25, 0.3) is 0 Å². The van der Waals surface area contributed by atoms with Crippen molar-refractivity contribution in [1.29, 1.82) is 0 Å². The third-order valence-electron chi connectivity index (χ3n) is 7.93. The van der Waals surface area contributed by atoms with E-state index in [1.807, 2.05) is 4.90 Å². The number of esters is 1. The van der Waals surface area contributed by atoms with Gasteiger partial charge in [-0.1, -0.05) is 12.7 Å². The van der Waals surface area contributed by atoms with Crippen LogP contribution in [0.5, 0.6) is 0 Å². The van der Waals surface area contributed by atoms with E-state index >= 15 is 0 Å². The van der Waals surface area contributed by atoms with Crippen molar-refractivity contribution in [3.8, 4) is 0 Å². The highest BCUT2D eigenvalue weighted by atomic mass is 32.1. The molecule has 13 heteroatoms. The summed E-state index contributed by atoms with van der Waals surface area (Å²) in [5.41, 5.74) is 1.08. The lowest BCUT2D eigenvalue weighted by Crippen LogP contribution is -2.48. The maximum Gasteiger partial charge on any atom is 0.511 e. The van der Waals surface area contributed by atoms with Gasteiger partial charge in [-0.25, -0.2) is 19.4 Å². The third-order valence-corrected chi connectivity index (χ3v) is 9.25. The number of hydrogen-bond acceptors (Lipinski definition) is 10. The van der Waals surface area contributed by atoms with Crippen LogP contribution in [-0.4, -0.2) is 90.8 Å². The molecule has 1 atom stereocenters. The first-order valence-electron chi connectivity index (χ1n) is 14.9. The lowest BCUT2D eigenvalue weighted by atomic mass is 9.86. The minimum atomic E-state index is -1.01. The molecule has 0 bridgehead atoms. The molecule has 1 aliphatic carbocycles. The molecular formula is C29H42N4O8S. The summed E-state index contributed by atoms with van der Waals surface area (Å²) in [5.74, 6) is -0.359. The van der Waals surface area contributed by atoms with Gasteiger partial charge in [0.1, 0.15) is 6.61 Å². The molecule has 0 aromatic carbocycles. The average molecular weight is 607 g/mol. The molecule has 3 heterocycles. The Bertz CT molecular complexity index is 1090. The van der Waals surface area contributed by atoms with Gasteiger partial charge in [-0.15, -0.1) is 11.3 Å². The van der Waals surface area contributed by atoms with Gasteiger partial charge in [0.05, 0.1) is 23.2 Å². The first kappa shape index (κ1) is 31.6. The number of carbonyl (C=O) groups excluding carboxylic acids is 4. The van der Waals surface area contributed by atoms with Crippen LogP contribution in [0.4, 0.5) is 14.4 Å². The molecule has 1 N–H and O–H groups in total. The van der Waals surface area contributed by atoms with Gasteiger partial charge in [-0.3, -0.25) is 4.79 Å². The summed E-state index contributed by atoms with van der Waals surface area (Å²) in [6, 6.07) is -0.0509. The number of nitrogens with one attached hydrogen (secondary N) is 1. The van der Waals surface area contributed by atoms with Crippen LogP contribution in [0.1, 0.15) is 73.9 Å². The zero-order chi connectivity index (χ0) is 30.1. The molecule has 0 radical (unpaired) electrons. The normalized spacial score (nSPS) is 21.8. The second-order valence-electron chi connectivity index (χ2n) is 10.8. The highest BCUT2D eigenvalue weighted by Crippen LogP contribution is 2.34. The molecular weight excluding hydrogens is 564 g/mol. The predicted molar refractivity (Wildman–Crippen MR) is 154 cm³/mol. The van der Waals surface area contributed by atoms with Crippen molar-refractivity contribution >= 4 is 35.6 Å². The number of amides is 3. The molecule has 0 spiro atoms. The lowest BCUT2D eigenvalue weighted by molar-refractivity contribution is -0.173. The minimum absolute atomic E-state index is 0.00993. The SMILES string of the molecule is C=CCOC(=O)N1CCc2nc(C3CCN(C(=O)NC4CCC(C(=O)OC(C)OC(=O)OCC)CC4)CC3)sc2CC1. The van der Waals surface area contributed by atoms with Crippen LogP contribution in [0.3, 0.4) is 0 Å². The predicted octanol–water partition coefficient (Wildman–Crippen LogP) is 4.38. The molecule has 1 aromatic rings. The second-order valence-corrected chi connectivity index (χ2v) is 12.0. The Morgan fingerprint density at radius 3 is 2.40 bits per heavy atom. The molecule has 3 amide bonds. The molecule has 3 aliphatic rings. The fraction of sp³-hybridized carbons (Fsp3) is 0.690. The van der Waals surface area contributed by atoms with Crippen molar-refractivity contribution < 1.29 is 38.1 Å². The van der Waals surface area contributed by atoms with E-state index in [0.717, 1.165) is 36.4 Å². The van der Waals surface area contributed by atoms with Crippen molar-refractivity contribution in [1.82, 2.24) is 20.1 Å². The van der Waals surface area contributed by atoms with Gasteiger partial charge in [-0.2, -0.15) is 0 Å². The van der Waals surface area contributed by atoms with E-state index in [9.17, 15) is 19.2 Å².